The monoisotopic (exact) mass is 368 g/mol. The Labute approximate surface area is 154 Å². The number of nitrogens with one attached hydrogen (secondary N) is 2. The van der Waals surface area contributed by atoms with E-state index >= 15 is 0 Å². The first-order valence-corrected chi connectivity index (χ1v) is 8.32. The first-order chi connectivity index (χ1) is 12.4. The van der Waals surface area contributed by atoms with Crippen molar-refractivity contribution in [1.29, 1.82) is 0 Å². The topological polar surface area (TPSA) is 95.1 Å². The third-order valence-electron chi connectivity index (χ3n) is 4.13. The minimum atomic E-state index is -0.704. The molecule has 26 heavy (non-hydrogen) atoms. The van der Waals surface area contributed by atoms with E-state index in [1.807, 2.05) is 13.8 Å². The van der Waals surface area contributed by atoms with Gasteiger partial charge in [-0.2, -0.15) is 0 Å². The van der Waals surface area contributed by atoms with Crippen molar-refractivity contribution in [3.8, 4) is 17.2 Å². The number of amides is 2. The van der Waals surface area contributed by atoms with Gasteiger partial charge in [0.1, 0.15) is 6.04 Å². The third-order valence-corrected chi connectivity index (χ3v) is 4.13. The molecule has 0 heterocycles. The summed E-state index contributed by atoms with van der Waals surface area (Å²) >= 11 is 0. The number of benzene rings is 1. The van der Waals surface area contributed by atoms with Crippen molar-refractivity contribution in [3.63, 3.8) is 0 Å². The molecule has 146 valence electrons. The molecule has 1 rings (SSSR count). The van der Waals surface area contributed by atoms with Crippen LogP contribution in [0, 0.1) is 5.92 Å². The SMILES string of the molecule is CC[C@@H](C)[C@H](NC(=O)NCc1cc(OC)c(OC)c(OC)c1)C(=O)OC. The maximum Gasteiger partial charge on any atom is 0.328 e. The summed E-state index contributed by atoms with van der Waals surface area (Å²) in [5, 5.41) is 5.37. The number of esters is 1. The number of urea groups is 1. The summed E-state index contributed by atoms with van der Waals surface area (Å²) in [5.41, 5.74) is 0.757. The van der Waals surface area contributed by atoms with E-state index < -0.39 is 18.0 Å². The molecular weight excluding hydrogens is 340 g/mol. The second-order valence-electron chi connectivity index (χ2n) is 5.75. The summed E-state index contributed by atoms with van der Waals surface area (Å²) < 4.78 is 20.6. The lowest BCUT2D eigenvalue weighted by Crippen LogP contribution is -2.49. The van der Waals surface area contributed by atoms with Crippen molar-refractivity contribution in [2.24, 2.45) is 5.92 Å². The first-order valence-electron chi connectivity index (χ1n) is 8.32. The molecule has 0 radical (unpaired) electrons. The molecule has 8 heteroatoms. The normalized spacial score (nSPS) is 12.5. The highest BCUT2D eigenvalue weighted by atomic mass is 16.5. The van der Waals surface area contributed by atoms with Gasteiger partial charge >= 0.3 is 12.0 Å². The molecule has 2 N–H and O–H groups in total. The fraction of sp³-hybridized carbons (Fsp3) is 0.556. The summed E-state index contributed by atoms with van der Waals surface area (Å²) in [4.78, 5) is 24.0. The minimum Gasteiger partial charge on any atom is -0.493 e. The highest BCUT2D eigenvalue weighted by Gasteiger charge is 2.26. The average molecular weight is 368 g/mol. The van der Waals surface area contributed by atoms with E-state index in [4.69, 9.17) is 18.9 Å². The quantitative estimate of drug-likeness (QED) is 0.648. The summed E-state index contributed by atoms with van der Waals surface area (Å²) in [6.45, 7) is 4.04. The van der Waals surface area contributed by atoms with E-state index in [9.17, 15) is 9.59 Å². The Morgan fingerprint density at radius 3 is 2.04 bits per heavy atom. The zero-order valence-electron chi connectivity index (χ0n) is 16.2. The number of hydrogen-bond donors (Lipinski definition) is 2. The molecule has 1 aromatic rings. The van der Waals surface area contributed by atoms with Crippen LogP contribution in [0.25, 0.3) is 0 Å². The lowest BCUT2D eigenvalue weighted by atomic mass is 9.99. The van der Waals surface area contributed by atoms with E-state index in [2.05, 4.69) is 10.6 Å². The van der Waals surface area contributed by atoms with Crippen LogP contribution in [0.5, 0.6) is 17.2 Å². The molecule has 0 aliphatic rings. The van der Waals surface area contributed by atoms with Gasteiger partial charge in [0.05, 0.1) is 28.4 Å². The van der Waals surface area contributed by atoms with Gasteiger partial charge in [-0.15, -0.1) is 0 Å². The fourth-order valence-corrected chi connectivity index (χ4v) is 2.41. The molecule has 0 bridgehead atoms. The Morgan fingerprint density at radius 1 is 1.04 bits per heavy atom. The maximum atomic E-state index is 12.2. The van der Waals surface area contributed by atoms with Gasteiger partial charge in [-0.05, 0) is 23.6 Å². The molecule has 0 saturated carbocycles. The molecule has 0 aliphatic heterocycles. The molecule has 0 aromatic heterocycles. The number of carbonyl (C=O) groups is 2. The number of methoxy groups -OCH3 is 4. The van der Waals surface area contributed by atoms with Gasteiger partial charge in [-0.3, -0.25) is 0 Å². The van der Waals surface area contributed by atoms with Gasteiger partial charge in [0.25, 0.3) is 0 Å². The Morgan fingerprint density at radius 2 is 1.62 bits per heavy atom. The maximum absolute atomic E-state index is 12.2. The zero-order chi connectivity index (χ0) is 19.7. The van der Waals surface area contributed by atoms with E-state index in [0.29, 0.717) is 17.2 Å². The van der Waals surface area contributed by atoms with Crippen molar-refractivity contribution in [1.82, 2.24) is 10.6 Å². The number of carbonyl (C=O) groups excluding carboxylic acids is 2. The molecule has 2 amide bonds. The second-order valence-corrected chi connectivity index (χ2v) is 5.75. The molecule has 2 atom stereocenters. The van der Waals surface area contributed by atoms with E-state index in [1.165, 1.54) is 28.4 Å². The highest BCUT2D eigenvalue weighted by molar-refractivity contribution is 5.83. The zero-order valence-corrected chi connectivity index (χ0v) is 16.2. The van der Waals surface area contributed by atoms with E-state index in [0.717, 1.165) is 12.0 Å². The summed E-state index contributed by atoms with van der Waals surface area (Å²) in [7, 11) is 5.86. The lowest BCUT2D eigenvalue weighted by molar-refractivity contribution is -0.144. The van der Waals surface area contributed by atoms with E-state index in [1.54, 1.807) is 12.1 Å². The highest BCUT2D eigenvalue weighted by Crippen LogP contribution is 2.38. The Balaban J connectivity index is 2.81. The van der Waals surface area contributed by atoms with Gasteiger partial charge in [-0.1, -0.05) is 20.3 Å². The smallest absolute Gasteiger partial charge is 0.328 e. The molecule has 0 aliphatic carbocycles. The van der Waals surface area contributed by atoms with E-state index in [-0.39, 0.29) is 12.5 Å². The number of ether oxygens (including phenoxy) is 4. The van der Waals surface area contributed by atoms with Crippen LogP contribution in [-0.2, 0) is 16.1 Å². The van der Waals surface area contributed by atoms with Crippen molar-refractivity contribution < 1.29 is 28.5 Å². The van der Waals surface area contributed by atoms with Crippen LogP contribution >= 0.6 is 0 Å². The van der Waals surface area contributed by atoms with Gasteiger partial charge in [0.15, 0.2) is 11.5 Å². The van der Waals surface area contributed by atoms with Crippen molar-refractivity contribution in [2.75, 3.05) is 28.4 Å². The van der Waals surface area contributed by atoms with Gasteiger partial charge in [0, 0.05) is 6.54 Å². The van der Waals surface area contributed by atoms with Crippen LogP contribution in [0.4, 0.5) is 4.79 Å². The average Bonchev–Trinajstić information content (AvgIpc) is 2.68. The summed E-state index contributed by atoms with van der Waals surface area (Å²) in [6.07, 6.45) is 0.729. The summed E-state index contributed by atoms with van der Waals surface area (Å²) in [5.74, 6) is 0.953. The Kier molecular flexibility index (Phi) is 8.54. The summed E-state index contributed by atoms with van der Waals surface area (Å²) in [6, 6.07) is 2.32. The third kappa shape index (κ3) is 5.44. The van der Waals surface area contributed by atoms with Crippen LogP contribution in [-0.4, -0.2) is 46.5 Å². The van der Waals surface area contributed by atoms with Crippen LogP contribution < -0.4 is 24.8 Å². The Hall–Kier alpha value is -2.64. The van der Waals surface area contributed by atoms with Gasteiger partial charge in [-0.25, -0.2) is 9.59 Å². The minimum absolute atomic E-state index is 0.0469. The predicted octanol–water partition coefficient (Wildman–Crippen LogP) is 2.10. The van der Waals surface area contributed by atoms with Crippen molar-refractivity contribution >= 4 is 12.0 Å². The molecule has 0 fully saturated rings. The van der Waals surface area contributed by atoms with Crippen LogP contribution in [0.2, 0.25) is 0 Å². The largest absolute Gasteiger partial charge is 0.493 e. The van der Waals surface area contributed by atoms with Gasteiger partial charge < -0.3 is 29.6 Å². The number of hydrogen-bond acceptors (Lipinski definition) is 6. The van der Waals surface area contributed by atoms with Gasteiger partial charge in [0.2, 0.25) is 5.75 Å². The number of rotatable bonds is 9. The molecule has 0 saturated heterocycles. The lowest BCUT2D eigenvalue weighted by Gasteiger charge is -2.22. The molecule has 8 nitrogen and oxygen atoms in total. The fourth-order valence-electron chi connectivity index (χ4n) is 2.41. The molecule has 1 aromatic carbocycles. The van der Waals surface area contributed by atoms with Crippen LogP contribution in [0.3, 0.4) is 0 Å². The predicted molar refractivity (Wildman–Crippen MR) is 96.7 cm³/mol. The molecule has 0 spiro atoms. The Bertz CT molecular complexity index is 595. The van der Waals surface area contributed by atoms with Crippen molar-refractivity contribution in [2.45, 2.75) is 32.9 Å². The second kappa shape index (κ2) is 10.4. The van der Waals surface area contributed by atoms with Crippen LogP contribution in [0.1, 0.15) is 25.8 Å². The molecule has 0 unspecified atom stereocenters. The standard InChI is InChI=1S/C18H28N2O6/c1-7-11(2)15(17(21)26-6)20-18(22)19-10-12-8-13(23-3)16(25-5)14(9-12)24-4/h8-9,11,15H,7,10H2,1-6H3,(H2,19,20,22)/t11-,15+/m1/s1. The first kappa shape index (κ1) is 21.4. The van der Waals surface area contributed by atoms with Crippen LogP contribution in [0.15, 0.2) is 12.1 Å². The van der Waals surface area contributed by atoms with Crippen molar-refractivity contribution in [3.05, 3.63) is 17.7 Å². The molecular formula is C18H28N2O6.